The standard InChI is InChI=1S/C13H21NO4/c1-2-3-11-17-12(15)7-8-13(16)18-14-9-5-4-6-10-14/h7-8H,2-6,9-11H2,1H3/b8-7-. The molecule has 0 atom stereocenters. The summed E-state index contributed by atoms with van der Waals surface area (Å²) in [5, 5.41) is 1.64. The average molecular weight is 255 g/mol. The molecule has 5 heteroatoms. The van der Waals surface area contributed by atoms with Crippen molar-refractivity contribution in [3.8, 4) is 0 Å². The molecule has 5 nitrogen and oxygen atoms in total. The Morgan fingerprint density at radius 2 is 1.78 bits per heavy atom. The Balaban J connectivity index is 2.19. The number of ether oxygens (including phenoxy) is 1. The number of rotatable bonds is 6. The predicted molar refractivity (Wildman–Crippen MR) is 66.5 cm³/mol. The van der Waals surface area contributed by atoms with Crippen molar-refractivity contribution in [3.63, 3.8) is 0 Å². The minimum absolute atomic E-state index is 0.390. The van der Waals surface area contributed by atoms with Crippen molar-refractivity contribution in [2.24, 2.45) is 0 Å². The average Bonchev–Trinajstić information content (AvgIpc) is 2.38. The van der Waals surface area contributed by atoms with Crippen LogP contribution in [0.25, 0.3) is 0 Å². The van der Waals surface area contributed by atoms with Gasteiger partial charge in [-0.25, -0.2) is 9.59 Å². The minimum Gasteiger partial charge on any atom is -0.463 e. The van der Waals surface area contributed by atoms with Crippen molar-refractivity contribution in [1.82, 2.24) is 5.06 Å². The zero-order valence-electron chi connectivity index (χ0n) is 10.9. The topological polar surface area (TPSA) is 55.8 Å². The van der Waals surface area contributed by atoms with Crippen molar-refractivity contribution < 1.29 is 19.2 Å². The van der Waals surface area contributed by atoms with Gasteiger partial charge in [0.2, 0.25) is 0 Å². The first-order valence-electron chi connectivity index (χ1n) is 6.54. The van der Waals surface area contributed by atoms with Crippen LogP contribution in [0.4, 0.5) is 0 Å². The van der Waals surface area contributed by atoms with Crippen molar-refractivity contribution in [2.45, 2.75) is 39.0 Å². The second-order valence-corrected chi connectivity index (χ2v) is 4.25. The summed E-state index contributed by atoms with van der Waals surface area (Å²) in [5.74, 6) is -1.02. The van der Waals surface area contributed by atoms with E-state index in [-0.39, 0.29) is 0 Å². The molecule has 102 valence electrons. The maximum absolute atomic E-state index is 11.4. The third-order valence-electron chi connectivity index (χ3n) is 2.63. The van der Waals surface area contributed by atoms with Gasteiger partial charge in [0.05, 0.1) is 6.61 Å². The predicted octanol–water partition coefficient (Wildman–Crippen LogP) is 1.83. The van der Waals surface area contributed by atoms with E-state index in [9.17, 15) is 9.59 Å². The van der Waals surface area contributed by atoms with Crippen LogP contribution in [0.1, 0.15) is 39.0 Å². The first-order valence-corrected chi connectivity index (χ1v) is 6.54. The monoisotopic (exact) mass is 255 g/mol. The molecule has 0 N–H and O–H groups in total. The number of piperidine rings is 1. The molecule has 0 aromatic heterocycles. The molecular formula is C13H21NO4. The van der Waals surface area contributed by atoms with Gasteiger partial charge in [-0.3, -0.25) is 0 Å². The summed E-state index contributed by atoms with van der Waals surface area (Å²) in [6.07, 6.45) is 7.27. The highest BCUT2D eigenvalue weighted by molar-refractivity contribution is 5.91. The van der Waals surface area contributed by atoms with E-state index in [1.54, 1.807) is 5.06 Å². The van der Waals surface area contributed by atoms with Gasteiger partial charge in [0.25, 0.3) is 0 Å². The smallest absolute Gasteiger partial charge is 0.349 e. The largest absolute Gasteiger partial charge is 0.463 e. The molecular weight excluding hydrogens is 234 g/mol. The van der Waals surface area contributed by atoms with Crippen molar-refractivity contribution in [3.05, 3.63) is 12.2 Å². The van der Waals surface area contributed by atoms with E-state index in [0.717, 1.165) is 50.9 Å². The Morgan fingerprint density at radius 1 is 1.11 bits per heavy atom. The Labute approximate surface area is 108 Å². The number of hydrogen-bond donors (Lipinski definition) is 0. The van der Waals surface area contributed by atoms with E-state index in [1.807, 2.05) is 6.92 Å². The van der Waals surface area contributed by atoms with Gasteiger partial charge in [0.15, 0.2) is 0 Å². The third kappa shape index (κ3) is 6.39. The highest BCUT2D eigenvalue weighted by Crippen LogP contribution is 2.08. The molecule has 1 aliphatic heterocycles. The molecule has 18 heavy (non-hydrogen) atoms. The summed E-state index contributed by atoms with van der Waals surface area (Å²) in [6.45, 7) is 3.93. The zero-order chi connectivity index (χ0) is 13.2. The molecule has 0 amide bonds. The summed E-state index contributed by atoms with van der Waals surface area (Å²) in [5.41, 5.74) is 0. The fourth-order valence-electron chi connectivity index (χ4n) is 1.62. The highest BCUT2D eigenvalue weighted by atomic mass is 16.7. The van der Waals surface area contributed by atoms with Crippen LogP contribution in [0.5, 0.6) is 0 Å². The van der Waals surface area contributed by atoms with Crippen LogP contribution in [0.15, 0.2) is 12.2 Å². The Kier molecular flexibility index (Phi) is 7.10. The van der Waals surface area contributed by atoms with Gasteiger partial charge in [-0.05, 0) is 19.3 Å². The van der Waals surface area contributed by atoms with Crippen LogP contribution >= 0.6 is 0 Å². The lowest BCUT2D eigenvalue weighted by Gasteiger charge is -2.23. The first kappa shape index (κ1) is 14.7. The minimum atomic E-state index is -0.524. The van der Waals surface area contributed by atoms with Gasteiger partial charge in [-0.1, -0.05) is 19.8 Å². The van der Waals surface area contributed by atoms with Gasteiger partial charge >= 0.3 is 11.9 Å². The molecule has 0 unspecified atom stereocenters. The fraction of sp³-hybridized carbons (Fsp3) is 0.692. The SMILES string of the molecule is CCCCOC(=O)/C=C\C(=O)ON1CCCCC1. The fourth-order valence-corrected chi connectivity index (χ4v) is 1.62. The van der Waals surface area contributed by atoms with E-state index in [4.69, 9.17) is 9.57 Å². The number of carbonyl (C=O) groups is 2. The zero-order valence-corrected chi connectivity index (χ0v) is 10.9. The maximum Gasteiger partial charge on any atom is 0.349 e. The quantitative estimate of drug-likeness (QED) is 0.412. The van der Waals surface area contributed by atoms with E-state index in [0.29, 0.717) is 6.61 Å². The Hall–Kier alpha value is -1.36. The lowest BCUT2D eigenvalue weighted by Crippen LogP contribution is -2.31. The van der Waals surface area contributed by atoms with Gasteiger partial charge in [0, 0.05) is 25.2 Å². The van der Waals surface area contributed by atoms with Crippen LogP contribution in [0.3, 0.4) is 0 Å². The van der Waals surface area contributed by atoms with Crippen molar-refractivity contribution in [2.75, 3.05) is 19.7 Å². The van der Waals surface area contributed by atoms with Crippen LogP contribution in [-0.2, 0) is 19.2 Å². The Bertz CT molecular complexity index is 295. The van der Waals surface area contributed by atoms with Crippen molar-refractivity contribution in [1.29, 1.82) is 0 Å². The summed E-state index contributed by atoms with van der Waals surface area (Å²) in [7, 11) is 0. The van der Waals surface area contributed by atoms with Crippen LogP contribution in [-0.4, -0.2) is 36.7 Å². The molecule has 0 bridgehead atoms. The normalized spacial score (nSPS) is 16.7. The van der Waals surface area contributed by atoms with Gasteiger partial charge in [-0.15, -0.1) is 5.06 Å². The van der Waals surface area contributed by atoms with Gasteiger partial charge in [-0.2, -0.15) is 0 Å². The highest BCUT2D eigenvalue weighted by Gasteiger charge is 2.13. The lowest BCUT2D eigenvalue weighted by atomic mass is 10.2. The molecule has 1 saturated heterocycles. The summed E-state index contributed by atoms with van der Waals surface area (Å²) >= 11 is 0. The summed E-state index contributed by atoms with van der Waals surface area (Å²) in [4.78, 5) is 27.6. The van der Waals surface area contributed by atoms with Crippen molar-refractivity contribution >= 4 is 11.9 Å². The van der Waals surface area contributed by atoms with Crippen LogP contribution < -0.4 is 0 Å². The number of carbonyl (C=O) groups excluding carboxylic acids is 2. The maximum atomic E-state index is 11.4. The summed E-state index contributed by atoms with van der Waals surface area (Å²) in [6, 6.07) is 0. The second kappa shape index (κ2) is 8.69. The van der Waals surface area contributed by atoms with Crippen LogP contribution in [0, 0.1) is 0 Å². The number of hydrogen-bond acceptors (Lipinski definition) is 5. The number of unbranched alkanes of at least 4 members (excludes halogenated alkanes) is 1. The first-order chi connectivity index (χ1) is 8.72. The lowest BCUT2D eigenvalue weighted by molar-refractivity contribution is -0.188. The van der Waals surface area contributed by atoms with E-state index in [1.165, 1.54) is 6.42 Å². The van der Waals surface area contributed by atoms with E-state index >= 15 is 0 Å². The number of nitrogens with zero attached hydrogens (tertiary/aromatic N) is 1. The molecule has 0 aromatic rings. The molecule has 1 rings (SSSR count). The molecule has 1 heterocycles. The number of esters is 1. The Morgan fingerprint density at radius 3 is 2.44 bits per heavy atom. The van der Waals surface area contributed by atoms with Crippen LogP contribution in [0.2, 0.25) is 0 Å². The number of hydroxylamine groups is 2. The molecule has 0 saturated carbocycles. The molecule has 1 aliphatic rings. The molecule has 0 aliphatic carbocycles. The van der Waals surface area contributed by atoms with Gasteiger partial charge < -0.3 is 9.57 Å². The van der Waals surface area contributed by atoms with E-state index in [2.05, 4.69) is 0 Å². The molecule has 0 radical (unpaired) electrons. The summed E-state index contributed by atoms with van der Waals surface area (Å²) < 4.78 is 4.88. The molecule has 0 spiro atoms. The van der Waals surface area contributed by atoms with E-state index < -0.39 is 11.9 Å². The van der Waals surface area contributed by atoms with Gasteiger partial charge in [0.1, 0.15) is 0 Å². The second-order valence-electron chi connectivity index (χ2n) is 4.25. The third-order valence-corrected chi connectivity index (χ3v) is 2.63. The molecule has 1 fully saturated rings. The molecule has 0 aromatic carbocycles.